The number of allylic oxidation sites excluding steroid dienone is 3. The highest BCUT2D eigenvalue weighted by Crippen LogP contribution is 2.76. The van der Waals surface area contributed by atoms with Gasteiger partial charge in [0, 0.05) is 23.3 Å². The Balaban J connectivity index is 1.06. The first-order valence-electron chi connectivity index (χ1n) is 30.0. The number of fused-ring (bicyclic) bond motifs is 7. The van der Waals surface area contributed by atoms with Crippen molar-refractivity contribution in [3.63, 3.8) is 0 Å². The summed E-state index contributed by atoms with van der Waals surface area (Å²) in [4.78, 5) is 39.6. The van der Waals surface area contributed by atoms with E-state index >= 15 is 0 Å². The fraction of sp³-hybridized carbons (Fsp3) is 0.881. The minimum Gasteiger partial charge on any atom is -0.479 e. The van der Waals surface area contributed by atoms with Crippen LogP contribution in [0.5, 0.6) is 0 Å². The highest BCUT2D eigenvalue weighted by molar-refractivity contribution is 5.87. The average molecular weight is 1230 g/mol. The summed E-state index contributed by atoms with van der Waals surface area (Å²) in [7, 11) is 0. The summed E-state index contributed by atoms with van der Waals surface area (Å²) < 4.78 is 60.8. The number of carbonyl (C=O) groups is 3. The lowest BCUT2D eigenvalue weighted by atomic mass is 9.33. The topological polar surface area (TPSA) is 427 Å². The highest BCUT2D eigenvalue weighted by Gasteiger charge is 2.74. The molecule has 27 nitrogen and oxygen atoms in total. The lowest BCUT2D eigenvalue weighted by Crippen LogP contribution is -2.72. The number of ether oxygens (including phenoxy) is 10. The van der Waals surface area contributed by atoms with Crippen LogP contribution in [0.15, 0.2) is 23.3 Å². The molecule has 1 unspecified atom stereocenters. The number of hydrogen-bond acceptors (Lipinski definition) is 26. The zero-order valence-electron chi connectivity index (χ0n) is 50.1. The van der Waals surface area contributed by atoms with Crippen molar-refractivity contribution in [2.45, 2.75) is 242 Å². The molecule has 0 amide bonds. The predicted molar refractivity (Wildman–Crippen MR) is 290 cm³/mol. The molecule has 0 aromatic rings. The van der Waals surface area contributed by atoms with Crippen molar-refractivity contribution in [1.29, 1.82) is 0 Å². The number of aliphatic carboxylic acids is 1. The van der Waals surface area contributed by atoms with Crippen molar-refractivity contribution in [2.75, 3.05) is 33.0 Å². The molecule has 0 aromatic carbocycles. The second kappa shape index (κ2) is 24.9. The molecule has 0 spiro atoms. The van der Waals surface area contributed by atoms with Crippen LogP contribution in [-0.2, 0) is 61.8 Å². The lowest BCUT2D eigenvalue weighted by molar-refractivity contribution is -0.400. The molecule has 490 valence electrons. The first-order valence-corrected chi connectivity index (χ1v) is 30.0. The number of carboxylic acid groups (broad SMARTS) is 1. The SMILES string of the molecule is C/C=C(\C)C(=O)O[C@H]1[C@H](OC(C)=O)[C@]2(CO)[C@H](O)C[C@]3(C)C(=CC[C@@H]4[C@@]5(C)CC[C@H](O[C@@H]6O[C@H](C(=O)O)[C@@H](O)[C@H](O[C@@H]7O[C@H](CO)[C@@H](O)[C@H](O)[C@H]7O)[C@H]6O[C@@H]6OC[C@@H](O)[C@H](O)[C@H]6O[C@@H]6OC[C@@H](O)[C@H](O)[C@H]6O)C(C)(CO)[C@@H]5CC[C@]43C)[C@@H]2CC1(C)C. The first-order chi connectivity index (χ1) is 40.3. The van der Waals surface area contributed by atoms with E-state index in [-0.39, 0.29) is 24.7 Å². The third kappa shape index (κ3) is 11.0. The van der Waals surface area contributed by atoms with E-state index in [0.29, 0.717) is 37.7 Å². The molecule has 0 radical (unpaired) electrons. The molecule has 8 fully saturated rings. The molecule has 30 atom stereocenters. The van der Waals surface area contributed by atoms with Crippen molar-refractivity contribution in [2.24, 2.45) is 50.2 Å². The monoisotopic (exact) mass is 1230 g/mol. The van der Waals surface area contributed by atoms with Crippen LogP contribution in [0, 0.1) is 50.2 Å². The largest absolute Gasteiger partial charge is 0.479 e. The van der Waals surface area contributed by atoms with Gasteiger partial charge in [-0.1, -0.05) is 59.3 Å². The Morgan fingerprint density at radius 1 is 0.640 bits per heavy atom. The van der Waals surface area contributed by atoms with E-state index < -0.39 is 224 Å². The van der Waals surface area contributed by atoms with Gasteiger partial charge in [-0.25, -0.2) is 9.59 Å². The van der Waals surface area contributed by atoms with Gasteiger partial charge in [-0.3, -0.25) is 4.79 Å². The van der Waals surface area contributed by atoms with Gasteiger partial charge in [-0.2, -0.15) is 0 Å². The fourth-order valence-corrected chi connectivity index (χ4v) is 17.1. The summed E-state index contributed by atoms with van der Waals surface area (Å²) in [6.45, 7) is 13.6. The molecule has 9 aliphatic rings. The van der Waals surface area contributed by atoms with Crippen LogP contribution in [0.25, 0.3) is 0 Å². The van der Waals surface area contributed by atoms with Gasteiger partial charge in [0.2, 0.25) is 0 Å². The van der Waals surface area contributed by atoms with Crippen molar-refractivity contribution in [3.8, 4) is 0 Å². The van der Waals surface area contributed by atoms with Gasteiger partial charge in [0.25, 0.3) is 0 Å². The number of esters is 2. The molecule has 4 aliphatic heterocycles. The smallest absolute Gasteiger partial charge is 0.335 e. The van der Waals surface area contributed by atoms with Crippen molar-refractivity contribution < 1.29 is 133 Å². The summed E-state index contributed by atoms with van der Waals surface area (Å²) in [6.07, 6.45) is -32.4. The Kier molecular flexibility index (Phi) is 19.5. The van der Waals surface area contributed by atoms with Gasteiger partial charge >= 0.3 is 17.9 Å². The van der Waals surface area contributed by atoms with Crippen LogP contribution in [0.2, 0.25) is 0 Å². The quantitative estimate of drug-likeness (QED) is 0.0357. The molecule has 0 aromatic heterocycles. The molecule has 5 aliphatic carbocycles. The standard InChI is InChI=1S/C59H92O27/c1-10-24(2)49(76)86-46-47(79-25(3)63)59(23-62)27(17-54(46,4)5)26-11-12-32-55(6)15-14-34(56(7,22-61)31(55)13-16-57(32,8)58(26,9)18-33(59)66)81-53-45(85-52-44(36(68)29(65)21-78-52)84-50-39(71)35(67)28(64)20-77-50)42(41(73)43(83-53)48(74)75)82-51-40(72)38(70)37(69)30(19-60)80-51/h10-11,27-47,50-53,60-62,64-73H,12-23H2,1-9H3,(H,74,75)/b24-10+/t27-,28+,29+,30+,31+,32+,33+,34-,35-,36-,37+,38-,39+,40+,41-,42-,43-,44+,45+,46-,47-,50-,51-,52-,53+,55-,56?,57+,58+,59-/m0/s1. The van der Waals surface area contributed by atoms with Crippen molar-refractivity contribution in [1.82, 2.24) is 0 Å². The van der Waals surface area contributed by atoms with Crippen LogP contribution in [0.4, 0.5) is 0 Å². The molecular formula is C59H92O27. The number of aliphatic hydroxyl groups excluding tert-OH is 13. The Morgan fingerprint density at radius 2 is 1.27 bits per heavy atom. The Hall–Kier alpha value is -2.95. The summed E-state index contributed by atoms with van der Waals surface area (Å²) in [5.41, 5.74) is -4.02. The zero-order valence-corrected chi connectivity index (χ0v) is 50.1. The van der Waals surface area contributed by atoms with Gasteiger partial charge in [0.1, 0.15) is 91.6 Å². The lowest BCUT2D eigenvalue weighted by Gasteiger charge is -2.72. The molecule has 27 heteroatoms. The van der Waals surface area contributed by atoms with E-state index in [9.17, 15) is 85.9 Å². The van der Waals surface area contributed by atoms with Gasteiger partial charge in [0.15, 0.2) is 31.3 Å². The summed E-state index contributed by atoms with van der Waals surface area (Å²) in [6, 6.07) is 0. The highest BCUT2D eigenvalue weighted by atomic mass is 16.8. The third-order valence-electron chi connectivity index (χ3n) is 22.4. The molecule has 4 saturated heterocycles. The van der Waals surface area contributed by atoms with Gasteiger partial charge in [0.05, 0.1) is 50.7 Å². The third-order valence-corrected chi connectivity index (χ3v) is 22.4. The summed E-state index contributed by atoms with van der Waals surface area (Å²) in [5.74, 6) is -4.03. The van der Waals surface area contributed by atoms with Gasteiger partial charge in [-0.15, -0.1) is 0 Å². The van der Waals surface area contributed by atoms with Crippen molar-refractivity contribution in [3.05, 3.63) is 23.3 Å². The Labute approximate surface area is 498 Å². The molecule has 9 rings (SSSR count). The number of hydrogen-bond donors (Lipinski definition) is 14. The first kappa shape index (κ1) is 67.4. The normalized spacial score (nSPS) is 51.2. The van der Waals surface area contributed by atoms with Gasteiger partial charge in [-0.05, 0) is 92.8 Å². The number of carbonyl (C=O) groups excluding carboxylic acids is 2. The molecule has 14 N–H and O–H groups in total. The van der Waals surface area contributed by atoms with Crippen molar-refractivity contribution >= 4 is 17.9 Å². The zero-order chi connectivity index (χ0) is 63.3. The van der Waals surface area contributed by atoms with Gasteiger partial charge < -0.3 is 119 Å². The Morgan fingerprint density at radius 3 is 1.88 bits per heavy atom. The van der Waals surface area contributed by atoms with E-state index in [4.69, 9.17) is 47.4 Å². The summed E-state index contributed by atoms with van der Waals surface area (Å²) >= 11 is 0. The van der Waals surface area contributed by atoms with E-state index in [0.717, 1.165) is 5.57 Å². The minimum absolute atomic E-state index is 0.121. The minimum atomic E-state index is -2.26. The molecule has 86 heavy (non-hydrogen) atoms. The molecular weight excluding hydrogens is 1140 g/mol. The van der Waals surface area contributed by atoms with E-state index in [1.165, 1.54) is 6.92 Å². The maximum Gasteiger partial charge on any atom is 0.335 e. The Bertz CT molecular complexity index is 2510. The van der Waals surface area contributed by atoms with E-state index in [2.05, 4.69) is 26.8 Å². The maximum absolute atomic E-state index is 13.5. The molecule has 4 heterocycles. The second-order valence-electron chi connectivity index (χ2n) is 27.4. The fourth-order valence-electron chi connectivity index (χ4n) is 17.1. The number of rotatable bonds is 15. The van der Waals surface area contributed by atoms with Crippen LogP contribution in [-0.4, -0.2) is 257 Å². The molecule has 0 bridgehead atoms. The number of aliphatic hydroxyl groups is 13. The van der Waals surface area contributed by atoms with E-state index in [1.807, 2.05) is 20.8 Å². The van der Waals surface area contributed by atoms with Crippen LogP contribution >= 0.6 is 0 Å². The predicted octanol–water partition coefficient (Wildman–Crippen LogP) is -2.22. The van der Waals surface area contributed by atoms with Crippen LogP contribution < -0.4 is 0 Å². The molecule has 4 saturated carbocycles. The average Bonchev–Trinajstić information content (AvgIpc) is 0.675. The second-order valence-corrected chi connectivity index (χ2v) is 27.4. The summed E-state index contributed by atoms with van der Waals surface area (Å²) in [5, 5.41) is 156. The number of carboxylic acids is 1. The van der Waals surface area contributed by atoms with E-state index in [1.54, 1.807) is 19.9 Å². The van der Waals surface area contributed by atoms with Crippen LogP contribution in [0.3, 0.4) is 0 Å². The maximum atomic E-state index is 13.5. The van der Waals surface area contributed by atoms with Crippen LogP contribution in [0.1, 0.15) is 107 Å².